The molecule has 0 aliphatic carbocycles. The summed E-state index contributed by atoms with van der Waals surface area (Å²) >= 11 is 2.33. The summed E-state index contributed by atoms with van der Waals surface area (Å²) in [7, 11) is 0. The van der Waals surface area contributed by atoms with Crippen molar-refractivity contribution in [3.05, 3.63) is 21.8 Å². The summed E-state index contributed by atoms with van der Waals surface area (Å²) in [6.07, 6.45) is 5.53. The Bertz CT molecular complexity index is 373. The van der Waals surface area contributed by atoms with E-state index >= 15 is 0 Å². The van der Waals surface area contributed by atoms with E-state index in [-0.39, 0.29) is 0 Å². The predicted octanol–water partition coefficient (Wildman–Crippen LogP) is 3.16. The van der Waals surface area contributed by atoms with Crippen LogP contribution in [0.4, 0.5) is 11.4 Å². The van der Waals surface area contributed by atoms with E-state index in [1.165, 1.54) is 48.0 Å². The summed E-state index contributed by atoms with van der Waals surface area (Å²) in [6.45, 7) is 4.68. The van der Waals surface area contributed by atoms with E-state index in [0.717, 1.165) is 18.8 Å². The average molecular weight is 359 g/mol. The van der Waals surface area contributed by atoms with Crippen LogP contribution in [0, 0.1) is 3.57 Å². The normalized spacial score (nSPS) is 17.4. The first kappa shape index (κ1) is 13.9. The number of hydrogen-bond acceptors (Lipinski definition) is 3. The summed E-state index contributed by atoms with van der Waals surface area (Å²) in [5.74, 6) is 0. The van der Waals surface area contributed by atoms with Gasteiger partial charge in [0, 0.05) is 28.0 Å². The molecule has 1 aliphatic heterocycles. The summed E-state index contributed by atoms with van der Waals surface area (Å²) in [5, 5.41) is 3.50. The van der Waals surface area contributed by atoms with E-state index in [1.807, 2.05) is 12.1 Å². The van der Waals surface area contributed by atoms with Gasteiger partial charge < -0.3 is 16.0 Å². The third-order valence-corrected chi connectivity index (χ3v) is 4.33. The molecule has 0 bridgehead atoms. The average Bonchev–Trinajstić information content (AvgIpc) is 2.60. The molecule has 1 heterocycles. The smallest absolute Gasteiger partial charge is 0.0477 e. The zero-order chi connectivity index (χ0) is 12.8. The van der Waals surface area contributed by atoms with Gasteiger partial charge in [0.1, 0.15) is 0 Å². The third-order valence-electron chi connectivity index (χ3n) is 3.44. The molecule has 100 valence electrons. The Morgan fingerprint density at radius 3 is 2.56 bits per heavy atom. The lowest BCUT2D eigenvalue weighted by Crippen LogP contribution is -2.30. The Balaban J connectivity index is 1.77. The maximum absolute atomic E-state index is 5.75. The van der Waals surface area contributed by atoms with Crippen molar-refractivity contribution in [2.75, 3.05) is 37.2 Å². The fraction of sp³-hybridized carbons (Fsp3) is 0.571. The molecule has 0 saturated carbocycles. The Morgan fingerprint density at radius 2 is 1.89 bits per heavy atom. The molecule has 1 saturated heterocycles. The minimum atomic E-state index is 0.831. The molecule has 0 amide bonds. The van der Waals surface area contributed by atoms with Crippen molar-refractivity contribution in [3.8, 4) is 0 Å². The van der Waals surface area contributed by atoms with E-state index in [1.54, 1.807) is 0 Å². The molecule has 0 spiro atoms. The molecule has 2 rings (SSSR count). The van der Waals surface area contributed by atoms with Gasteiger partial charge in [-0.15, -0.1) is 0 Å². The highest BCUT2D eigenvalue weighted by Gasteiger charge is 2.08. The molecular weight excluding hydrogens is 337 g/mol. The molecule has 3 nitrogen and oxygen atoms in total. The molecule has 0 atom stereocenters. The zero-order valence-corrected chi connectivity index (χ0v) is 12.9. The second kappa shape index (κ2) is 7.19. The van der Waals surface area contributed by atoms with Gasteiger partial charge in [0.05, 0.1) is 0 Å². The first-order valence-corrected chi connectivity index (χ1v) is 7.85. The van der Waals surface area contributed by atoms with Crippen molar-refractivity contribution >= 4 is 34.0 Å². The van der Waals surface area contributed by atoms with Gasteiger partial charge in [-0.1, -0.05) is 12.8 Å². The zero-order valence-electron chi connectivity index (χ0n) is 10.8. The van der Waals surface area contributed by atoms with Crippen molar-refractivity contribution in [2.45, 2.75) is 25.7 Å². The minimum absolute atomic E-state index is 0.831. The molecule has 3 N–H and O–H groups in total. The lowest BCUT2D eigenvalue weighted by molar-refractivity contribution is 0.296. The number of likely N-dealkylation sites (tertiary alicyclic amines) is 1. The first-order valence-electron chi connectivity index (χ1n) is 6.77. The molecule has 1 aliphatic rings. The maximum atomic E-state index is 5.75. The molecular formula is C14H22IN3. The third kappa shape index (κ3) is 4.31. The summed E-state index contributed by atoms with van der Waals surface area (Å²) < 4.78 is 1.20. The van der Waals surface area contributed by atoms with E-state index in [0.29, 0.717) is 0 Å². The van der Waals surface area contributed by atoms with Crippen molar-refractivity contribution in [1.82, 2.24) is 4.90 Å². The number of nitrogens with one attached hydrogen (secondary N) is 1. The van der Waals surface area contributed by atoms with Crippen LogP contribution in [0.5, 0.6) is 0 Å². The minimum Gasteiger partial charge on any atom is -0.399 e. The summed E-state index contributed by atoms with van der Waals surface area (Å²) in [4.78, 5) is 2.57. The van der Waals surface area contributed by atoms with Gasteiger partial charge in [-0.25, -0.2) is 0 Å². The quantitative estimate of drug-likeness (QED) is 0.641. The number of rotatable bonds is 4. The second-order valence-corrected chi connectivity index (χ2v) is 6.08. The van der Waals surface area contributed by atoms with Gasteiger partial charge in [-0.2, -0.15) is 0 Å². The maximum Gasteiger partial charge on any atom is 0.0477 e. The van der Waals surface area contributed by atoms with Gasteiger partial charge >= 0.3 is 0 Å². The van der Waals surface area contributed by atoms with Gasteiger partial charge in [-0.3, -0.25) is 0 Å². The van der Waals surface area contributed by atoms with Crippen molar-refractivity contribution in [2.24, 2.45) is 0 Å². The lowest BCUT2D eigenvalue weighted by Gasteiger charge is -2.20. The Morgan fingerprint density at radius 1 is 1.17 bits per heavy atom. The first-order chi connectivity index (χ1) is 8.75. The van der Waals surface area contributed by atoms with Crippen LogP contribution in [-0.4, -0.2) is 31.1 Å². The molecule has 0 unspecified atom stereocenters. The van der Waals surface area contributed by atoms with Crippen molar-refractivity contribution in [1.29, 1.82) is 0 Å². The van der Waals surface area contributed by atoms with Crippen molar-refractivity contribution < 1.29 is 0 Å². The molecule has 18 heavy (non-hydrogen) atoms. The molecule has 1 aromatic carbocycles. The topological polar surface area (TPSA) is 41.3 Å². The van der Waals surface area contributed by atoms with Gasteiger partial charge in [0.25, 0.3) is 0 Å². The SMILES string of the molecule is Nc1ccc(NCCN2CCCCCC2)c(I)c1. The van der Waals surface area contributed by atoms with Crippen LogP contribution < -0.4 is 11.1 Å². The Labute approximate surface area is 123 Å². The van der Waals surface area contributed by atoms with E-state index in [2.05, 4.69) is 38.9 Å². The van der Waals surface area contributed by atoms with E-state index in [9.17, 15) is 0 Å². The van der Waals surface area contributed by atoms with Crippen LogP contribution in [0.2, 0.25) is 0 Å². The van der Waals surface area contributed by atoms with Crippen LogP contribution in [0.25, 0.3) is 0 Å². The van der Waals surface area contributed by atoms with Crippen LogP contribution in [0.15, 0.2) is 18.2 Å². The largest absolute Gasteiger partial charge is 0.399 e. The molecule has 4 heteroatoms. The molecule has 0 radical (unpaired) electrons. The van der Waals surface area contributed by atoms with Crippen molar-refractivity contribution in [3.63, 3.8) is 0 Å². The summed E-state index contributed by atoms with van der Waals surface area (Å²) in [6, 6.07) is 6.03. The van der Waals surface area contributed by atoms with Crippen LogP contribution >= 0.6 is 22.6 Å². The van der Waals surface area contributed by atoms with Gasteiger partial charge in [0.15, 0.2) is 0 Å². The Kier molecular flexibility index (Phi) is 5.56. The summed E-state index contributed by atoms with van der Waals surface area (Å²) in [5.41, 5.74) is 7.77. The van der Waals surface area contributed by atoms with Crippen LogP contribution in [-0.2, 0) is 0 Å². The fourth-order valence-electron chi connectivity index (χ4n) is 2.38. The van der Waals surface area contributed by atoms with Gasteiger partial charge in [0.2, 0.25) is 0 Å². The lowest BCUT2D eigenvalue weighted by atomic mass is 10.2. The second-order valence-electron chi connectivity index (χ2n) is 4.92. The number of nitrogen functional groups attached to an aromatic ring is 1. The highest BCUT2D eigenvalue weighted by atomic mass is 127. The monoisotopic (exact) mass is 359 g/mol. The molecule has 1 fully saturated rings. The number of nitrogens with zero attached hydrogens (tertiary/aromatic N) is 1. The van der Waals surface area contributed by atoms with E-state index < -0.39 is 0 Å². The highest BCUT2D eigenvalue weighted by molar-refractivity contribution is 14.1. The number of halogens is 1. The molecule has 1 aromatic rings. The van der Waals surface area contributed by atoms with Crippen LogP contribution in [0.3, 0.4) is 0 Å². The van der Waals surface area contributed by atoms with Crippen LogP contribution in [0.1, 0.15) is 25.7 Å². The fourth-order valence-corrected chi connectivity index (χ4v) is 3.11. The number of anilines is 2. The number of hydrogen-bond donors (Lipinski definition) is 2. The number of nitrogens with two attached hydrogens (primary N) is 1. The van der Waals surface area contributed by atoms with Gasteiger partial charge in [-0.05, 0) is 66.7 Å². The molecule has 0 aromatic heterocycles. The predicted molar refractivity (Wildman–Crippen MR) is 87.0 cm³/mol. The number of benzene rings is 1. The highest BCUT2D eigenvalue weighted by Crippen LogP contribution is 2.20. The Hall–Kier alpha value is -0.490. The van der Waals surface area contributed by atoms with E-state index in [4.69, 9.17) is 5.73 Å². The standard InChI is InChI=1S/C14H22IN3/c15-13-11-12(16)5-6-14(13)17-7-10-18-8-3-1-2-4-9-18/h5-6,11,17H,1-4,7-10,16H2.